The minimum atomic E-state index is 0.640. The molecule has 0 aromatic carbocycles. The van der Waals surface area contributed by atoms with Crippen LogP contribution in [-0.2, 0) is 4.84 Å². The van der Waals surface area contributed by atoms with Crippen LogP contribution in [0, 0.1) is 0 Å². The Morgan fingerprint density at radius 3 is 3.00 bits per heavy atom. The first-order valence-electron chi connectivity index (χ1n) is 2.04. The highest BCUT2D eigenvalue weighted by molar-refractivity contribution is 6.25. The number of hydroxylamine groups is 1. The summed E-state index contributed by atoms with van der Waals surface area (Å²) in [7, 11) is 0. The Hall–Kier alpha value is -0.210. The summed E-state index contributed by atoms with van der Waals surface area (Å²) in [5, 5.41) is 0. The molecule has 0 radical (unpaired) electrons. The van der Waals surface area contributed by atoms with Crippen molar-refractivity contribution in [1.82, 2.24) is 5.48 Å². The second-order valence-corrected chi connectivity index (χ2v) is 1.10. The fourth-order valence-electron chi connectivity index (χ4n) is 0.157. The van der Waals surface area contributed by atoms with Crippen LogP contribution in [0.15, 0.2) is 11.7 Å². The Kier molecular flexibility index (Phi) is 5.62. The van der Waals surface area contributed by atoms with Crippen LogP contribution in [0.4, 0.5) is 0 Å². The number of hydrogen-bond donors (Lipinski definition) is 1. The molecule has 0 amide bonds. The molecule has 0 spiro atoms. The van der Waals surface area contributed by atoms with Gasteiger partial charge in [-0.2, -0.15) is 0 Å². The Balaban J connectivity index is 2.69. The molecule has 0 unspecified atom stereocenters. The zero-order chi connectivity index (χ0) is 5.54. The summed E-state index contributed by atoms with van der Waals surface area (Å²) in [5.74, 6) is 0. The van der Waals surface area contributed by atoms with Crippen LogP contribution >= 0.6 is 11.6 Å². The van der Waals surface area contributed by atoms with E-state index in [2.05, 4.69) is 10.3 Å². The van der Waals surface area contributed by atoms with Crippen LogP contribution in [0.5, 0.6) is 0 Å². The predicted octanol–water partition coefficient (Wildman–Crippen LogP) is 1.24. The zero-order valence-electron chi connectivity index (χ0n) is 4.15. The molecular weight excluding hydrogens is 114 g/mol. The maximum Gasteiger partial charge on any atom is 0.0717 e. The highest BCUT2D eigenvalue weighted by Crippen LogP contribution is 1.72. The van der Waals surface area contributed by atoms with Crippen LogP contribution in [0.3, 0.4) is 0 Å². The number of rotatable bonds is 3. The van der Waals surface area contributed by atoms with Crippen molar-refractivity contribution >= 4 is 11.6 Å². The minimum Gasteiger partial charge on any atom is -0.277 e. The van der Waals surface area contributed by atoms with Crippen LogP contribution in [-0.4, -0.2) is 6.61 Å². The lowest BCUT2D eigenvalue weighted by atomic mass is 10.9. The smallest absolute Gasteiger partial charge is 0.0717 e. The summed E-state index contributed by atoms with van der Waals surface area (Å²) in [4.78, 5) is 4.65. The standard InChI is InChI=1S/C4H8ClNO/c1-2-7-6-4-3-5/h3-4,6H,2H2,1H3. The van der Waals surface area contributed by atoms with Crippen LogP contribution in [0.1, 0.15) is 6.92 Å². The van der Waals surface area contributed by atoms with Gasteiger partial charge in [0.25, 0.3) is 0 Å². The molecule has 0 aliphatic heterocycles. The van der Waals surface area contributed by atoms with Crippen molar-refractivity contribution in [3.05, 3.63) is 11.7 Å². The first-order chi connectivity index (χ1) is 3.41. The molecule has 0 rings (SSSR count). The number of nitrogens with one attached hydrogen (secondary N) is 1. The molecule has 0 aromatic rings. The quantitative estimate of drug-likeness (QED) is 0.448. The van der Waals surface area contributed by atoms with Gasteiger partial charge >= 0.3 is 0 Å². The maximum atomic E-state index is 5.11. The van der Waals surface area contributed by atoms with E-state index >= 15 is 0 Å². The number of hydrogen-bond acceptors (Lipinski definition) is 2. The lowest BCUT2D eigenvalue weighted by molar-refractivity contribution is 0.0827. The Bertz CT molecular complexity index is 55.7. The van der Waals surface area contributed by atoms with E-state index in [1.54, 1.807) is 0 Å². The Labute approximate surface area is 48.1 Å². The van der Waals surface area contributed by atoms with Gasteiger partial charge in [0.1, 0.15) is 0 Å². The fourth-order valence-corrected chi connectivity index (χ4v) is 0.209. The van der Waals surface area contributed by atoms with Crippen molar-refractivity contribution < 1.29 is 4.84 Å². The fraction of sp³-hybridized carbons (Fsp3) is 0.500. The second-order valence-electron chi connectivity index (χ2n) is 0.844. The van der Waals surface area contributed by atoms with Gasteiger partial charge in [0.05, 0.1) is 6.61 Å². The maximum absolute atomic E-state index is 5.11. The zero-order valence-corrected chi connectivity index (χ0v) is 4.90. The minimum absolute atomic E-state index is 0.640. The SMILES string of the molecule is CCONC=CCl. The van der Waals surface area contributed by atoms with E-state index in [1.165, 1.54) is 11.7 Å². The van der Waals surface area contributed by atoms with E-state index in [9.17, 15) is 0 Å². The third-order valence-corrected chi connectivity index (χ3v) is 0.485. The molecule has 0 aliphatic carbocycles. The van der Waals surface area contributed by atoms with Crippen molar-refractivity contribution in [2.45, 2.75) is 6.92 Å². The summed E-state index contributed by atoms with van der Waals surface area (Å²) in [6.45, 7) is 2.52. The molecule has 0 saturated carbocycles. The largest absolute Gasteiger partial charge is 0.277 e. The summed E-state index contributed by atoms with van der Waals surface area (Å²) < 4.78 is 0. The topological polar surface area (TPSA) is 21.3 Å². The monoisotopic (exact) mass is 121 g/mol. The van der Waals surface area contributed by atoms with E-state index in [0.717, 1.165) is 0 Å². The van der Waals surface area contributed by atoms with Gasteiger partial charge in [-0.3, -0.25) is 10.3 Å². The van der Waals surface area contributed by atoms with Gasteiger partial charge in [-0.05, 0) is 6.92 Å². The summed E-state index contributed by atoms with van der Waals surface area (Å²) in [5.41, 5.74) is 3.82. The van der Waals surface area contributed by atoms with E-state index < -0.39 is 0 Å². The molecule has 2 nitrogen and oxygen atoms in total. The van der Waals surface area contributed by atoms with Gasteiger partial charge in [-0.1, -0.05) is 11.6 Å². The van der Waals surface area contributed by atoms with Crippen molar-refractivity contribution in [1.29, 1.82) is 0 Å². The average Bonchev–Trinajstić information content (AvgIpc) is 1.69. The highest BCUT2D eigenvalue weighted by Gasteiger charge is 1.66. The van der Waals surface area contributed by atoms with Gasteiger partial charge in [-0.25, -0.2) is 0 Å². The molecule has 0 aromatic heterocycles. The van der Waals surface area contributed by atoms with Gasteiger partial charge in [-0.15, -0.1) is 0 Å². The predicted molar refractivity (Wildman–Crippen MR) is 29.8 cm³/mol. The molecule has 0 fully saturated rings. The average molecular weight is 122 g/mol. The molecule has 7 heavy (non-hydrogen) atoms. The third kappa shape index (κ3) is 5.79. The van der Waals surface area contributed by atoms with E-state index in [-0.39, 0.29) is 0 Å². The summed E-state index contributed by atoms with van der Waals surface area (Å²) in [6, 6.07) is 0. The molecule has 0 atom stereocenters. The molecule has 0 saturated heterocycles. The van der Waals surface area contributed by atoms with Crippen molar-refractivity contribution in [2.75, 3.05) is 6.61 Å². The first kappa shape index (κ1) is 6.79. The van der Waals surface area contributed by atoms with Crippen molar-refractivity contribution in [2.24, 2.45) is 0 Å². The van der Waals surface area contributed by atoms with Crippen LogP contribution < -0.4 is 5.48 Å². The third-order valence-electron chi connectivity index (χ3n) is 0.359. The van der Waals surface area contributed by atoms with E-state index in [1.807, 2.05) is 6.92 Å². The summed E-state index contributed by atoms with van der Waals surface area (Å²) >= 11 is 5.11. The van der Waals surface area contributed by atoms with E-state index in [0.29, 0.717) is 6.61 Å². The molecule has 0 heterocycles. The number of halogens is 1. The van der Waals surface area contributed by atoms with Crippen molar-refractivity contribution in [3.8, 4) is 0 Å². The van der Waals surface area contributed by atoms with Crippen LogP contribution in [0.2, 0.25) is 0 Å². The van der Waals surface area contributed by atoms with Gasteiger partial charge in [0.15, 0.2) is 0 Å². The summed E-state index contributed by atoms with van der Waals surface area (Å²) in [6.07, 6.45) is 1.51. The van der Waals surface area contributed by atoms with E-state index in [4.69, 9.17) is 11.6 Å². The molecule has 0 aliphatic rings. The molecule has 3 heteroatoms. The second kappa shape index (κ2) is 5.79. The Morgan fingerprint density at radius 2 is 2.57 bits per heavy atom. The highest BCUT2D eigenvalue weighted by atomic mass is 35.5. The molecule has 42 valence electrons. The molecular formula is C4H8ClNO. The lowest BCUT2D eigenvalue weighted by Gasteiger charge is -1.93. The van der Waals surface area contributed by atoms with Gasteiger partial charge in [0, 0.05) is 11.7 Å². The lowest BCUT2D eigenvalue weighted by Crippen LogP contribution is -2.04. The normalized spacial score (nSPS) is 10.0. The first-order valence-corrected chi connectivity index (χ1v) is 2.48. The van der Waals surface area contributed by atoms with Gasteiger partial charge < -0.3 is 0 Å². The van der Waals surface area contributed by atoms with Gasteiger partial charge in [0.2, 0.25) is 0 Å². The van der Waals surface area contributed by atoms with Crippen LogP contribution in [0.25, 0.3) is 0 Å². The molecule has 1 N–H and O–H groups in total. The molecule has 0 bridgehead atoms. The van der Waals surface area contributed by atoms with Crippen molar-refractivity contribution in [3.63, 3.8) is 0 Å². The Morgan fingerprint density at radius 1 is 1.86 bits per heavy atom.